The number of carboxylic acid groups (broad SMARTS) is 1. The van der Waals surface area contributed by atoms with Gasteiger partial charge in [-0.05, 0) is 30.2 Å². The summed E-state index contributed by atoms with van der Waals surface area (Å²) in [6.45, 7) is 2.23. The van der Waals surface area contributed by atoms with E-state index in [1.54, 1.807) is 22.8 Å². The second-order valence-corrected chi connectivity index (χ2v) is 4.71. The predicted octanol–water partition coefficient (Wildman–Crippen LogP) is 1.00. The topological polar surface area (TPSA) is 102 Å². The predicted molar refractivity (Wildman–Crippen MR) is 76.5 cm³/mol. The zero-order valence-electron chi connectivity index (χ0n) is 11.4. The molecule has 0 aliphatic heterocycles. The van der Waals surface area contributed by atoms with Gasteiger partial charge >= 0.3 is 5.97 Å². The van der Waals surface area contributed by atoms with E-state index in [4.69, 9.17) is 10.8 Å². The molecule has 108 valence electrons. The maximum atomic E-state index is 11.4. The molecular weight excluding hydrogens is 272 g/mol. The minimum atomic E-state index is -1.25. The molecule has 1 heterocycles. The number of aromatic carboxylic acids is 1. The SMILES string of the molecule is Cc1cc(C(N)=O)ccc1Cn1ccc(=O)c(C(=O)O)c1. The van der Waals surface area contributed by atoms with E-state index in [9.17, 15) is 14.4 Å². The van der Waals surface area contributed by atoms with Gasteiger partial charge in [-0.3, -0.25) is 9.59 Å². The molecule has 1 aromatic heterocycles. The van der Waals surface area contributed by atoms with Crippen LogP contribution >= 0.6 is 0 Å². The third-order valence-electron chi connectivity index (χ3n) is 3.19. The molecule has 3 N–H and O–H groups in total. The van der Waals surface area contributed by atoms with Gasteiger partial charge < -0.3 is 15.4 Å². The number of carbonyl (C=O) groups excluding carboxylic acids is 1. The highest BCUT2D eigenvalue weighted by Crippen LogP contribution is 2.12. The quantitative estimate of drug-likeness (QED) is 0.875. The van der Waals surface area contributed by atoms with Crippen molar-refractivity contribution in [1.82, 2.24) is 4.57 Å². The van der Waals surface area contributed by atoms with Crippen molar-refractivity contribution < 1.29 is 14.7 Å². The molecule has 2 rings (SSSR count). The van der Waals surface area contributed by atoms with Gasteiger partial charge in [0.25, 0.3) is 0 Å². The molecule has 0 aliphatic carbocycles. The van der Waals surface area contributed by atoms with Gasteiger partial charge in [0.2, 0.25) is 5.91 Å². The molecule has 6 nitrogen and oxygen atoms in total. The Morgan fingerprint density at radius 2 is 2.00 bits per heavy atom. The van der Waals surface area contributed by atoms with Gasteiger partial charge in [-0.1, -0.05) is 6.07 Å². The first-order chi connectivity index (χ1) is 9.88. The van der Waals surface area contributed by atoms with Crippen molar-refractivity contribution in [3.8, 4) is 0 Å². The molecule has 0 saturated heterocycles. The van der Waals surface area contributed by atoms with Gasteiger partial charge in [0.05, 0.1) is 0 Å². The fourth-order valence-electron chi connectivity index (χ4n) is 2.01. The Kier molecular flexibility index (Phi) is 3.89. The summed E-state index contributed by atoms with van der Waals surface area (Å²) >= 11 is 0. The smallest absolute Gasteiger partial charge is 0.341 e. The molecule has 2 aromatic rings. The van der Waals surface area contributed by atoms with Crippen molar-refractivity contribution in [1.29, 1.82) is 0 Å². The summed E-state index contributed by atoms with van der Waals surface area (Å²) in [7, 11) is 0. The molecule has 0 aliphatic rings. The lowest BCUT2D eigenvalue weighted by molar-refractivity contribution is 0.0694. The third-order valence-corrected chi connectivity index (χ3v) is 3.19. The average Bonchev–Trinajstić information content (AvgIpc) is 2.42. The largest absolute Gasteiger partial charge is 0.477 e. The number of carbonyl (C=O) groups is 2. The molecule has 0 bridgehead atoms. The van der Waals surface area contributed by atoms with Gasteiger partial charge in [0, 0.05) is 30.6 Å². The van der Waals surface area contributed by atoms with E-state index >= 15 is 0 Å². The zero-order valence-corrected chi connectivity index (χ0v) is 11.4. The van der Waals surface area contributed by atoms with Gasteiger partial charge in [-0.15, -0.1) is 0 Å². The number of pyridine rings is 1. The van der Waals surface area contributed by atoms with Crippen LogP contribution in [0, 0.1) is 6.92 Å². The molecular formula is C15H14N2O4. The highest BCUT2D eigenvalue weighted by atomic mass is 16.4. The second-order valence-electron chi connectivity index (χ2n) is 4.71. The number of primary amides is 1. The first kappa shape index (κ1) is 14.5. The summed E-state index contributed by atoms with van der Waals surface area (Å²) in [4.78, 5) is 33.5. The average molecular weight is 286 g/mol. The van der Waals surface area contributed by atoms with Crippen LogP contribution in [0.1, 0.15) is 31.8 Å². The van der Waals surface area contributed by atoms with Crippen molar-refractivity contribution >= 4 is 11.9 Å². The molecule has 0 unspecified atom stereocenters. The van der Waals surface area contributed by atoms with Crippen molar-refractivity contribution in [2.24, 2.45) is 5.73 Å². The van der Waals surface area contributed by atoms with Crippen LogP contribution in [0.2, 0.25) is 0 Å². The molecule has 0 atom stereocenters. The van der Waals surface area contributed by atoms with E-state index in [0.29, 0.717) is 12.1 Å². The van der Waals surface area contributed by atoms with Crippen LogP contribution in [0.5, 0.6) is 0 Å². The van der Waals surface area contributed by atoms with Crippen LogP contribution in [-0.2, 0) is 6.54 Å². The summed E-state index contributed by atoms with van der Waals surface area (Å²) in [6.07, 6.45) is 2.82. The molecule has 0 saturated carbocycles. The Hall–Kier alpha value is -2.89. The Bertz CT molecular complexity index is 777. The van der Waals surface area contributed by atoms with E-state index in [1.165, 1.54) is 18.5 Å². The number of rotatable bonds is 4. The Morgan fingerprint density at radius 3 is 2.57 bits per heavy atom. The number of carboxylic acids is 1. The van der Waals surface area contributed by atoms with Crippen LogP contribution in [0.3, 0.4) is 0 Å². The van der Waals surface area contributed by atoms with E-state index in [0.717, 1.165) is 11.1 Å². The fourth-order valence-corrected chi connectivity index (χ4v) is 2.01. The summed E-state index contributed by atoms with van der Waals surface area (Å²) in [5.41, 5.74) is 6.59. The van der Waals surface area contributed by atoms with E-state index in [-0.39, 0.29) is 5.56 Å². The molecule has 21 heavy (non-hydrogen) atoms. The molecule has 6 heteroatoms. The van der Waals surface area contributed by atoms with E-state index < -0.39 is 17.3 Å². The Balaban J connectivity index is 2.34. The second kappa shape index (κ2) is 5.62. The van der Waals surface area contributed by atoms with Gasteiger partial charge in [-0.25, -0.2) is 4.79 Å². The number of aryl methyl sites for hydroxylation is 1. The van der Waals surface area contributed by atoms with Gasteiger partial charge in [0.15, 0.2) is 5.43 Å². The Labute approximate surface area is 120 Å². The monoisotopic (exact) mass is 286 g/mol. The van der Waals surface area contributed by atoms with Crippen LogP contribution < -0.4 is 11.2 Å². The standard InChI is InChI=1S/C15H14N2O4/c1-9-6-10(14(16)19)2-3-11(9)7-17-5-4-13(18)12(8-17)15(20)21/h2-6,8H,7H2,1H3,(H2,16,19)(H,20,21). The summed E-state index contributed by atoms with van der Waals surface area (Å²) in [5, 5.41) is 8.94. The molecule has 1 amide bonds. The summed E-state index contributed by atoms with van der Waals surface area (Å²) in [5.74, 6) is -1.75. The highest BCUT2D eigenvalue weighted by molar-refractivity contribution is 5.93. The molecule has 1 aromatic carbocycles. The third kappa shape index (κ3) is 3.17. The first-order valence-corrected chi connectivity index (χ1v) is 6.21. The van der Waals surface area contributed by atoms with Gasteiger partial charge in [0.1, 0.15) is 5.56 Å². The summed E-state index contributed by atoms with van der Waals surface area (Å²) < 4.78 is 1.61. The number of nitrogens with zero attached hydrogens (tertiary/aromatic N) is 1. The normalized spacial score (nSPS) is 10.3. The van der Waals surface area contributed by atoms with Crippen molar-refractivity contribution in [2.75, 3.05) is 0 Å². The maximum Gasteiger partial charge on any atom is 0.341 e. The van der Waals surface area contributed by atoms with Crippen LogP contribution in [0.15, 0.2) is 41.5 Å². The fraction of sp³-hybridized carbons (Fsp3) is 0.133. The first-order valence-electron chi connectivity index (χ1n) is 6.21. The lowest BCUT2D eigenvalue weighted by atomic mass is 10.0. The number of hydrogen-bond acceptors (Lipinski definition) is 3. The van der Waals surface area contributed by atoms with Crippen molar-refractivity contribution in [3.05, 3.63) is 69.1 Å². The highest BCUT2D eigenvalue weighted by Gasteiger charge is 2.09. The maximum absolute atomic E-state index is 11.4. The van der Waals surface area contributed by atoms with Crippen molar-refractivity contribution in [3.63, 3.8) is 0 Å². The lowest BCUT2D eigenvalue weighted by Crippen LogP contribution is -2.17. The number of hydrogen-bond donors (Lipinski definition) is 2. The van der Waals surface area contributed by atoms with Gasteiger partial charge in [-0.2, -0.15) is 0 Å². The minimum absolute atomic E-state index is 0.274. The number of aromatic nitrogens is 1. The van der Waals surface area contributed by atoms with Crippen molar-refractivity contribution in [2.45, 2.75) is 13.5 Å². The number of benzene rings is 1. The molecule has 0 fully saturated rings. The molecule has 0 radical (unpaired) electrons. The van der Waals surface area contributed by atoms with E-state index in [2.05, 4.69) is 0 Å². The minimum Gasteiger partial charge on any atom is -0.477 e. The zero-order chi connectivity index (χ0) is 15.6. The van der Waals surface area contributed by atoms with Crippen LogP contribution in [0.4, 0.5) is 0 Å². The Morgan fingerprint density at radius 1 is 1.29 bits per heavy atom. The summed E-state index contributed by atoms with van der Waals surface area (Å²) in [6, 6.07) is 6.27. The van der Waals surface area contributed by atoms with Crippen LogP contribution in [-0.4, -0.2) is 21.6 Å². The van der Waals surface area contributed by atoms with Crippen LogP contribution in [0.25, 0.3) is 0 Å². The lowest BCUT2D eigenvalue weighted by Gasteiger charge is -2.10. The van der Waals surface area contributed by atoms with E-state index in [1.807, 2.05) is 6.92 Å². The molecule has 0 spiro atoms. The number of nitrogens with two attached hydrogens (primary N) is 1. The number of amides is 1.